The second kappa shape index (κ2) is 8.62. The van der Waals surface area contributed by atoms with Crippen LogP contribution in [0.5, 0.6) is 0 Å². The predicted molar refractivity (Wildman–Crippen MR) is 104 cm³/mol. The smallest absolute Gasteiger partial charge is 0.335 e. The van der Waals surface area contributed by atoms with E-state index < -0.39 is 17.7 Å². The molecule has 27 heavy (non-hydrogen) atoms. The van der Waals surface area contributed by atoms with Crippen LogP contribution >= 0.6 is 0 Å². The number of rotatable bonds is 8. The molecule has 0 bridgehead atoms. The van der Waals surface area contributed by atoms with Crippen molar-refractivity contribution in [2.45, 2.75) is 11.7 Å². The van der Waals surface area contributed by atoms with E-state index >= 15 is 0 Å². The predicted octanol–water partition coefficient (Wildman–Crippen LogP) is 4.09. The average Bonchev–Trinajstić information content (AvgIpc) is 2.73. The van der Waals surface area contributed by atoms with Crippen molar-refractivity contribution in [3.05, 3.63) is 108 Å². The van der Waals surface area contributed by atoms with Crippen molar-refractivity contribution >= 4 is 5.97 Å². The highest BCUT2D eigenvalue weighted by molar-refractivity contribution is 5.72. The van der Waals surface area contributed by atoms with Gasteiger partial charge in [0.25, 0.3) is 0 Å². The van der Waals surface area contributed by atoms with Crippen molar-refractivity contribution in [1.29, 1.82) is 0 Å². The summed E-state index contributed by atoms with van der Waals surface area (Å²) in [6, 6.07) is 29.5. The number of carbonyl (C=O) groups is 1. The van der Waals surface area contributed by atoms with E-state index in [1.54, 1.807) is 0 Å². The summed E-state index contributed by atoms with van der Waals surface area (Å²) in [6.07, 6.45) is -1.06. The van der Waals surface area contributed by atoms with Gasteiger partial charge < -0.3 is 14.6 Å². The third-order valence-corrected chi connectivity index (χ3v) is 4.55. The number of ether oxygens (including phenoxy) is 2. The second-order valence-corrected chi connectivity index (χ2v) is 6.15. The lowest BCUT2D eigenvalue weighted by Gasteiger charge is -2.36. The Morgan fingerprint density at radius 2 is 1.19 bits per heavy atom. The van der Waals surface area contributed by atoms with Gasteiger partial charge in [-0.05, 0) is 16.7 Å². The SMILES string of the molecule is CO[C@H](COC(c1ccccc1)(c1ccccc1)c1ccccc1)C(=O)O. The maximum Gasteiger partial charge on any atom is 0.335 e. The van der Waals surface area contributed by atoms with Crippen molar-refractivity contribution in [3.8, 4) is 0 Å². The lowest BCUT2D eigenvalue weighted by atomic mass is 9.80. The first-order valence-electron chi connectivity index (χ1n) is 8.74. The van der Waals surface area contributed by atoms with E-state index in [1.807, 2.05) is 91.0 Å². The molecule has 138 valence electrons. The van der Waals surface area contributed by atoms with Crippen molar-refractivity contribution in [1.82, 2.24) is 0 Å². The van der Waals surface area contributed by atoms with Crippen LogP contribution in [0.15, 0.2) is 91.0 Å². The molecule has 3 aromatic carbocycles. The van der Waals surface area contributed by atoms with E-state index in [4.69, 9.17) is 9.47 Å². The molecule has 0 amide bonds. The van der Waals surface area contributed by atoms with Gasteiger partial charge in [0.1, 0.15) is 5.60 Å². The van der Waals surface area contributed by atoms with Crippen LogP contribution in [0.1, 0.15) is 16.7 Å². The Morgan fingerprint density at radius 3 is 1.48 bits per heavy atom. The first-order valence-corrected chi connectivity index (χ1v) is 8.74. The van der Waals surface area contributed by atoms with Crippen LogP contribution in [-0.2, 0) is 19.9 Å². The van der Waals surface area contributed by atoms with Crippen LogP contribution in [0, 0.1) is 0 Å². The Bertz CT molecular complexity index is 751. The molecule has 0 aromatic heterocycles. The fourth-order valence-electron chi connectivity index (χ4n) is 3.21. The van der Waals surface area contributed by atoms with Crippen molar-refractivity contribution in [3.63, 3.8) is 0 Å². The Morgan fingerprint density at radius 1 is 0.815 bits per heavy atom. The molecule has 0 aliphatic rings. The Labute approximate surface area is 159 Å². The quantitative estimate of drug-likeness (QED) is 0.613. The number of aliphatic carboxylic acids is 1. The minimum absolute atomic E-state index is 0.0927. The van der Waals surface area contributed by atoms with E-state index in [-0.39, 0.29) is 6.61 Å². The third kappa shape index (κ3) is 3.92. The molecule has 0 heterocycles. The molecule has 0 spiro atoms. The van der Waals surface area contributed by atoms with Gasteiger partial charge in [0.05, 0.1) is 6.61 Å². The minimum atomic E-state index is -1.06. The standard InChI is InChI=1S/C23H22O4/c1-26-21(22(24)25)17-27-23(18-11-5-2-6-12-18,19-13-7-3-8-14-19)20-15-9-4-10-16-20/h2-16,21H,17H2,1H3,(H,24,25)/t21-/m1/s1. The summed E-state index contributed by atoms with van der Waals surface area (Å²) in [5.74, 6) is -1.06. The van der Waals surface area contributed by atoms with E-state index in [0.717, 1.165) is 16.7 Å². The van der Waals surface area contributed by atoms with Crippen LogP contribution in [0.2, 0.25) is 0 Å². The van der Waals surface area contributed by atoms with Gasteiger partial charge in [0.15, 0.2) is 6.10 Å². The Hall–Kier alpha value is -2.95. The molecule has 0 aliphatic carbocycles. The van der Waals surface area contributed by atoms with Crippen molar-refractivity contribution in [2.75, 3.05) is 13.7 Å². The molecule has 0 radical (unpaired) electrons. The first kappa shape index (κ1) is 18.8. The van der Waals surface area contributed by atoms with Crippen LogP contribution in [0.3, 0.4) is 0 Å². The molecule has 1 atom stereocenters. The lowest BCUT2D eigenvalue weighted by Crippen LogP contribution is -2.38. The minimum Gasteiger partial charge on any atom is -0.479 e. The van der Waals surface area contributed by atoms with Crippen LogP contribution in [0.4, 0.5) is 0 Å². The fourth-order valence-corrected chi connectivity index (χ4v) is 3.21. The molecule has 0 saturated heterocycles. The monoisotopic (exact) mass is 362 g/mol. The molecule has 1 N–H and O–H groups in total. The zero-order chi connectivity index (χ0) is 19.1. The molecule has 3 aromatic rings. The average molecular weight is 362 g/mol. The van der Waals surface area contributed by atoms with Crippen molar-refractivity contribution < 1.29 is 19.4 Å². The summed E-state index contributed by atoms with van der Waals surface area (Å²) >= 11 is 0. The van der Waals surface area contributed by atoms with Crippen LogP contribution < -0.4 is 0 Å². The van der Waals surface area contributed by atoms with E-state index in [9.17, 15) is 9.90 Å². The van der Waals surface area contributed by atoms with Gasteiger partial charge in [-0.2, -0.15) is 0 Å². The Balaban J connectivity index is 2.18. The normalized spacial score (nSPS) is 12.5. The van der Waals surface area contributed by atoms with Crippen molar-refractivity contribution in [2.24, 2.45) is 0 Å². The molecule has 0 unspecified atom stereocenters. The summed E-state index contributed by atoms with van der Waals surface area (Å²) in [5, 5.41) is 9.38. The Kier molecular flexibility index (Phi) is 6.01. The van der Waals surface area contributed by atoms with E-state index in [1.165, 1.54) is 7.11 Å². The largest absolute Gasteiger partial charge is 0.479 e. The van der Waals surface area contributed by atoms with Crippen LogP contribution in [-0.4, -0.2) is 30.9 Å². The molecule has 0 aliphatic heterocycles. The summed E-state index contributed by atoms with van der Waals surface area (Å²) in [6.45, 7) is -0.0927. The number of hydrogen-bond donors (Lipinski definition) is 1. The topological polar surface area (TPSA) is 55.8 Å². The highest BCUT2D eigenvalue weighted by Gasteiger charge is 2.38. The highest BCUT2D eigenvalue weighted by atomic mass is 16.6. The molecule has 4 nitrogen and oxygen atoms in total. The number of benzene rings is 3. The molecule has 3 rings (SSSR count). The molecule has 4 heteroatoms. The van der Waals surface area contributed by atoms with Gasteiger partial charge >= 0.3 is 5.97 Å². The maximum absolute atomic E-state index is 11.5. The number of carboxylic acid groups (broad SMARTS) is 1. The molecule has 0 fully saturated rings. The van der Waals surface area contributed by atoms with Gasteiger partial charge in [-0.15, -0.1) is 0 Å². The number of carboxylic acids is 1. The number of methoxy groups -OCH3 is 1. The maximum atomic E-state index is 11.5. The summed E-state index contributed by atoms with van der Waals surface area (Å²) in [4.78, 5) is 11.5. The van der Waals surface area contributed by atoms with Gasteiger partial charge in [-0.3, -0.25) is 0 Å². The fraction of sp³-hybridized carbons (Fsp3) is 0.174. The van der Waals surface area contributed by atoms with E-state index in [2.05, 4.69) is 0 Å². The second-order valence-electron chi connectivity index (χ2n) is 6.15. The lowest BCUT2D eigenvalue weighted by molar-refractivity contribution is -0.155. The van der Waals surface area contributed by atoms with E-state index in [0.29, 0.717) is 0 Å². The summed E-state index contributed by atoms with van der Waals surface area (Å²) < 4.78 is 11.5. The van der Waals surface area contributed by atoms with Gasteiger partial charge in [-0.25, -0.2) is 4.79 Å². The molecule has 0 saturated carbocycles. The zero-order valence-corrected chi connectivity index (χ0v) is 15.1. The summed E-state index contributed by atoms with van der Waals surface area (Å²) in [7, 11) is 1.37. The first-order chi connectivity index (χ1) is 13.2. The van der Waals surface area contributed by atoms with Gasteiger partial charge in [0, 0.05) is 7.11 Å². The number of hydrogen-bond acceptors (Lipinski definition) is 3. The third-order valence-electron chi connectivity index (χ3n) is 4.55. The molecular weight excluding hydrogens is 340 g/mol. The van der Waals surface area contributed by atoms with Gasteiger partial charge in [-0.1, -0.05) is 91.0 Å². The summed E-state index contributed by atoms with van der Waals surface area (Å²) in [5.41, 5.74) is 1.81. The van der Waals surface area contributed by atoms with Crippen LogP contribution in [0.25, 0.3) is 0 Å². The zero-order valence-electron chi connectivity index (χ0n) is 15.1. The molecular formula is C23H22O4. The highest BCUT2D eigenvalue weighted by Crippen LogP contribution is 2.40. The van der Waals surface area contributed by atoms with Gasteiger partial charge in [0.2, 0.25) is 0 Å².